The largest absolute Gasteiger partial charge is 0.345 e. The van der Waals surface area contributed by atoms with E-state index in [-0.39, 0.29) is 11.6 Å². The first-order valence-electron chi connectivity index (χ1n) is 7.21. The predicted molar refractivity (Wildman–Crippen MR) is 77.7 cm³/mol. The summed E-state index contributed by atoms with van der Waals surface area (Å²) in [5.41, 5.74) is 7.04. The highest BCUT2D eigenvalue weighted by atomic mass is 16.2. The van der Waals surface area contributed by atoms with Crippen molar-refractivity contribution in [2.75, 3.05) is 6.54 Å². The van der Waals surface area contributed by atoms with Crippen LogP contribution in [0.25, 0.3) is 0 Å². The van der Waals surface area contributed by atoms with Crippen molar-refractivity contribution in [1.82, 2.24) is 14.3 Å². The van der Waals surface area contributed by atoms with E-state index in [9.17, 15) is 4.79 Å². The van der Waals surface area contributed by atoms with Gasteiger partial charge in [-0.15, -0.1) is 0 Å². The summed E-state index contributed by atoms with van der Waals surface area (Å²) in [4.78, 5) is 12.3. The Morgan fingerprint density at radius 2 is 2.05 bits per heavy atom. The van der Waals surface area contributed by atoms with Crippen LogP contribution in [0.4, 0.5) is 0 Å². The van der Waals surface area contributed by atoms with Gasteiger partial charge in [0.2, 0.25) is 0 Å². The van der Waals surface area contributed by atoms with Crippen LogP contribution in [0.15, 0.2) is 35.1 Å². The maximum Gasteiger partial charge on any atom is 0.345 e. The van der Waals surface area contributed by atoms with Gasteiger partial charge in [0.1, 0.15) is 5.82 Å². The van der Waals surface area contributed by atoms with E-state index in [2.05, 4.69) is 17.2 Å². The molecule has 5 nitrogen and oxygen atoms in total. The molecule has 1 aliphatic heterocycles. The topological polar surface area (TPSA) is 65.8 Å². The van der Waals surface area contributed by atoms with E-state index in [0.717, 1.165) is 37.2 Å². The van der Waals surface area contributed by atoms with Crippen molar-refractivity contribution in [2.45, 2.75) is 38.3 Å². The summed E-state index contributed by atoms with van der Waals surface area (Å²) in [6.45, 7) is 1.87. The Labute approximate surface area is 118 Å². The fourth-order valence-electron chi connectivity index (χ4n) is 2.82. The molecular weight excluding hydrogens is 252 g/mol. The number of nitrogens with zero attached hydrogens (tertiary/aromatic N) is 3. The van der Waals surface area contributed by atoms with E-state index in [1.54, 1.807) is 4.68 Å². The van der Waals surface area contributed by atoms with Gasteiger partial charge in [0.25, 0.3) is 0 Å². The molecule has 0 saturated carbocycles. The van der Waals surface area contributed by atoms with E-state index in [1.165, 1.54) is 0 Å². The highest BCUT2D eigenvalue weighted by Gasteiger charge is 2.19. The molecule has 5 heteroatoms. The lowest BCUT2D eigenvalue weighted by Gasteiger charge is -2.14. The lowest BCUT2D eigenvalue weighted by atomic mass is 9.99. The highest BCUT2D eigenvalue weighted by Crippen LogP contribution is 2.16. The molecule has 0 aliphatic carbocycles. The molecule has 3 rings (SSSR count). The second kappa shape index (κ2) is 5.63. The molecule has 1 aromatic heterocycles. The SMILES string of the molecule is NCC(Cn1nc2n(c1=O)CCCC2)c1ccccc1. The summed E-state index contributed by atoms with van der Waals surface area (Å²) < 4.78 is 3.40. The average Bonchev–Trinajstić information content (AvgIpc) is 2.82. The van der Waals surface area contributed by atoms with E-state index < -0.39 is 0 Å². The monoisotopic (exact) mass is 272 g/mol. The van der Waals surface area contributed by atoms with Gasteiger partial charge < -0.3 is 5.73 Å². The minimum Gasteiger partial charge on any atom is -0.330 e. The molecule has 0 fully saturated rings. The third-order valence-corrected chi connectivity index (χ3v) is 3.98. The van der Waals surface area contributed by atoms with Crippen LogP contribution < -0.4 is 11.4 Å². The molecule has 1 unspecified atom stereocenters. The van der Waals surface area contributed by atoms with E-state index in [0.29, 0.717) is 13.1 Å². The van der Waals surface area contributed by atoms with Crippen molar-refractivity contribution in [3.8, 4) is 0 Å². The normalized spacial score (nSPS) is 15.8. The highest BCUT2D eigenvalue weighted by molar-refractivity contribution is 5.19. The van der Waals surface area contributed by atoms with Gasteiger partial charge in [0.05, 0.1) is 6.54 Å². The zero-order valence-electron chi connectivity index (χ0n) is 11.5. The number of nitrogens with two attached hydrogens (primary N) is 1. The number of aromatic nitrogens is 3. The van der Waals surface area contributed by atoms with Crippen molar-refractivity contribution < 1.29 is 0 Å². The van der Waals surface area contributed by atoms with E-state index in [1.807, 2.05) is 22.8 Å². The fraction of sp³-hybridized carbons (Fsp3) is 0.467. The number of fused-ring (bicyclic) bond motifs is 1. The summed E-state index contributed by atoms with van der Waals surface area (Å²) >= 11 is 0. The molecule has 1 aromatic carbocycles. The van der Waals surface area contributed by atoms with Crippen molar-refractivity contribution in [1.29, 1.82) is 0 Å². The minimum absolute atomic E-state index is 0.00841. The summed E-state index contributed by atoms with van der Waals surface area (Å²) in [7, 11) is 0. The lowest BCUT2D eigenvalue weighted by molar-refractivity contribution is 0.495. The first-order valence-corrected chi connectivity index (χ1v) is 7.21. The number of benzene rings is 1. The first-order chi connectivity index (χ1) is 9.79. The minimum atomic E-state index is 0.00841. The summed E-state index contributed by atoms with van der Waals surface area (Å²) in [6, 6.07) is 10.1. The lowest BCUT2D eigenvalue weighted by Crippen LogP contribution is -2.30. The molecule has 0 radical (unpaired) electrons. The zero-order valence-corrected chi connectivity index (χ0v) is 11.5. The average molecular weight is 272 g/mol. The molecule has 20 heavy (non-hydrogen) atoms. The standard InChI is InChI=1S/C15H20N4O/c16-10-13(12-6-2-1-3-7-12)11-19-15(20)18-9-5-4-8-14(18)17-19/h1-3,6-7,13H,4-5,8-11,16H2. The molecule has 0 bridgehead atoms. The molecule has 106 valence electrons. The van der Waals surface area contributed by atoms with Crippen molar-refractivity contribution in [2.24, 2.45) is 5.73 Å². The van der Waals surface area contributed by atoms with Crippen LogP contribution in [0.2, 0.25) is 0 Å². The number of rotatable bonds is 4. The smallest absolute Gasteiger partial charge is 0.330 e. The van der Waals surface area contributed by atoms with Crippen LogP contribution in [-0.2, 0) is 19.5 Å². The van der Waals surface area contributed by atoms with Gasteiger partial charge in [-0.05, 0) is 18.4 Å². The van der Waals surface area contributed by atoms with Crippen LogP contribution in [0, 0.1) is 0 Å². The van der Waals surface area contributed by atoms with Crippen LogP contribution in [-0.4, -0.2) is 20.9 Å². The van der Waals surface area contributed by atoms with Crippen molar-refractivity contribution in [3.05, 3.63) is 52.2 Å². The number of hydrogen-bond donors (Lipinski definition) is 1. The van der Waals surface area contributed by atoms with E-state index in [4.69, 9.17) is 5.73 Å². The first kappa shape index (κ1) is 13.1. The van der Waals surface area contributed by atoms with Gasteiger partial charge in [0.15, 0.2) is 0 Å². The third kappa shape index (κ3) is 2.41. The Kier molecular flexibility index (Phi) is 3.69. The van der Waals surface area contributed by atoms with Gasteiger partial charge >= 0.3 is 5.69 Å². The van der Waals surface area contributed by atoms with Gasteiger partial charge in [-0.2, -0.15) is 5.10 Å². The Morgan fingerprint density at radius 1 is 1.25 bits per heavy atom. The molecule has 1 atom stereocenters. The summed E-state index contributed by atoms with van der Waals surface area (Å²) in [6.07, 6.45) is 3.09. The maximum atomic E-state index is 12.3. The second-order valence-corrected chi connectivity index (χ2v) is 5.33. The Hall–Kier alpha value is -1.88. The quantitative estimate of drug-likeness (QED) is 0.907. The van der Waals surface area contributed by atoms with Crippen LogP contribution in [0.3, 0.4) is 0 Å². The molecule has 2 N–H and O–H groups in total. The molecule has 2 aromatic rings. The predicted octanol–water partition coefficient (Wildman–Crippen LogP) is 1.12. The molecule has 0 amide bonds. The Morgan fingerprint density at radius 3 is 2.75 bits per heavy atom. The van der Waals surface area contributed by atoms with Gasteiger partial charge in [-0.25, -0.2) is 9.48 Å². The summed E-state index contributed by atoms with van der Waals surface area (Å²) in [5.74, 6) is 1.05. The third-order valence-electron chi connectivity index (χ3n) is 3.98. The van der Waals surface area contributed by atoms with Gasteiger partial charge in [-0.1, -0.05) is 30.3 Å². The molecular formula is C15H20N4O. The van der Waals surface area contributed by atoms with Crippen LogP contribution in [0.5, 0.6) is 0 Å². The Balaban J connectivity index is 1.87. The fourth-order valence-corrected chi connectivity index (χ4v) is 2.82. The second-order valence-electron chi connectivity index (χ2n) is 5.33. The van der Waals surface area contributed by atoms with Crippen LogP contribution >= 0.6 is 0 Å². The van der Waals surface area contributed by atoms with Gasteiger partial charge in [0, 0.05) is 25.4 Å². The van der Waals surface area contributed by atoms with E-state index >= 15 is 0 Å². The maximum absolute atomic E-state index is 12.3. The Bertz CT molecular complexity index is 629. The number of aryl methyl sites for hydroxylation is 1. The zero-order chi connectivity index (χ0) is 13.9. The van der Waals surface area contributed by atoms with Gasteiger partial charge in [-0.3, -0.25) is 4.57 Å². The molecule has 2 heterocycles. The number of hydrogen-bond acceptors (Lipinski definition) is 3. The molecule has 0 spiro atoms. The molecule has 0 saturated heterocycles. The summed E-state index contributed by atoms with van der Waals surface area (Å²) in [5, 5.41) is 4.48. The van der Waals surface area contributed by atoms with Crippen molar-refractivity contribution in [3.63, 3.8) is 0 Å². The van der Waals surface area contributed by atoms with Crippen molar-refractivity contribution >= 4 is 0 Å². The molecule has 1 aliphatic rings. The van der Waals surface area contributed by atoms with Crippen LogP contribution in [0.1, 0.15) is 30.1 Å².